The molecule has 1 aromatic carbocycles. The first-order valence-corrected chi connectivity index (χ1v) is 8.53. The first-order chi connectivity index (χ1) is 9.97. The maximum absolute atomic E-state index is 3.73. The lowest BCUT2D eigenvalue weighted by molar-refractivity contribution is 0.168. The van der Waals surface area contributed by atoms with Crippen molar-refractivity contribution in [2.24, 2.45) is 0 Å². The van der Waals surface area contributed by atoms with Crippen LogP contribution in [0.25, 0.3) is 0 Å². The van der Waals surface area contributed by atoms with Crippen molar-refractivity contribution in [1.29, 1.82) is 0 Å². The molecule has 0 saturated heterocycles. The van der Waals surface area contributed by atoms with Crippen LogP contribution in [-0.2, 0) is 0 Å². The molecule has 1 N–H and O–H groups in total. The van der Waals surface area contributed by atoms with Gasteiger partial charge in [-0.05, 0) is 58.9 Å². The number of rotatable bonds is 7. The van der Waals surface area contributed by atoms with E-state index in [9.17, 15) is 0 Å². The first-order valence-electron chi connectivity index (χ1n) is 8.53. The molecule has 0 unspecified atom stereocenters. The van der Waals surface area contributed by atoms with Crippen molar-refractivity contribution in [3.8, 4) is 0 Å². The van der Waals surface area contributed by atoms with Crippen LogP contribution < -0.4 is 5.32 Å². The van der Waals surface area contributed by atoms with Gasteiger partial charge in [0.15, 0.2) is 0 Å². The lowest BCUT2D eigenvalue weighted by Crippen LogP contribution is -2.46. The molecule has 2 rings (SSSR count). The third kappa shape index (κ3) is 4.55. The molecule has 1 fully saturated rings. The van der Waals surface area contributed by atoms with Crippen molar-refractivity contribution >= 4 is 0 Å². The van der Waals surface area contributed by atoms with Gasteiger partial charge in [0, 0.05) is 31.2 Å². The predicted molar refractivity (Wildman–Crippen MR) is 91.9 cm³/mol. The topological polar surface area (TPSA) is 15.3 Å². The van der Waals surface area contributed by atoms with Gasteiger partial charge in [-0.15, -0.1) is 0 Å². The molecule has 0 radical (unpaired) electrons. The minimum Gasteiger partial charge on any atom is -0.313 e. The molecular formula is C19H32N2. The summed E-state index contributed by atoms with van der Waals surface area (Å²) in [7, 11) is 0. The molecule has 21 heavy (non-hydrogen) atoms. The van der Waals surface area contributed by atoms with Crippen LogP contribution in [0.4, 0.5) is 0 Å². The van der Waals surface area contributed by atoms with Gasteiger partial charge < -0.3 is 5.32 Å². The van der Waals surface area contributed by atoms with Crippen LogP contribution in [0.5, 0.6) is 0 Å². The molecule has 1 saturated carbocycles. The Balaban J connectivity index is 1.68. The van der Waals surface area contributed by atoms with Crippen molar-refractivity contribution in [2.75, 3.05) is 13.1 Å². The highest BCUT2D eigenvalue weighted by molar-refractivity contribution is 5.26. The maximum atomic E-state index is 3.73. The van der Waals surface area contributed by atoms with Gasteiger partial charge in [0.2, 0.25) is 0 Å². The fourth-order valence-corrected chi connectivity index (χ4v) is 3.41. The Kier molecular flexibility index (Phi) is 5.83. The number of aryl methyl sites for hydroxylation is 1. The van der Waals surface area contributed by atoms with Gasteiger partial charge in [-0.25, -0.2) is 0 Å². The molecule has 0 heterocycles. The Hall–Kier alpha value is -0.860. The van der Waals surface area contributed by atoms with Gasteiger partial charge in [-0.3, -0.25) is 4.90 Å². The Morgan fingerprint density at radius 1 is 1.05 bits per heavy atom. The number of nitrogens with one attached hydrogen (secondary N) is 1. The fourth-order valence-electron chi connectivity index (χ4n) is 3.41. The largest absolute Gasteiger partial charge is 0.313 e. The quantitative estimate of drug-likeness (QED) is 0.817. The second-order valence-electron chi connectivity index (χ2n) is 7.16. The SMILES string of the molecule is Cc1ccc(C2CC(NCCN(C(C)C)C(C)C)C2)cc1. The van der Waals surface area contributed by atoms with E-state index in [4.69, 9.17) is 0 Å². The standard InChI is InChI=1S/C19H32N2/c1-14(2)21(15(3)4)11-10-20-19-12-18(13-19)17-8-6-16(5)7-9-17/h6-9,14-15,18-20H,10-13H2,1-5H3. The van der Waals surface area contributed by atoms with Crippen LogP contribution in [-0.4, -0.2) is 36.1 Å². The van der Waals surface area contributed by atoms with Gasteiger partial charge in [0.1, 0.15) is 0 Å². The maximum Gasteiger partial charge on any atom is 0.0112 e. The highest BCUT2D eigenvalue weighted by atomic mass is 15.2. The van der Waals surface area contributed by atoms with Crippen molar-refractivity contribution in [3.05, 3.63) is 35.4 Å². The second-order valence-corrected chi connectivity index (χ2v) is 7.16. The van der Waals surface area contributed by atoms with Crippen molar-refractivity contribution < 1.29 is 0 Å². The lowest BCUT2D eigenvalue weighted by Gasteiger charge is -2.38. The van der Waals surface area contributed by atoms with Gasteiger partial charge in [0.05, 0.1) is 0 Å². The van der Waals surface area contributed by atoms with Gasteiger partial charge in [-0.1, -0.05) is 29.8 Å². The minimum atomic E-state index is 0.633. The summed E-state index contributed by atoms with van der Waals surface area (Å²) in [6.07, 6.45) is 2.60. The van der Waals surface area contributed by atoms with E-state index in [1.54, 1.807) is 0 Å². The van der Waals surface area contributed by atoms with Crippen LogP contribution in [0, 0.1) is 6.92 Å². The molecule has 2 nitrogen and oxygen atoms in total. The van der Waals surface area contributed by atoms with Gasteiger partial charge in [0.25, 0.3) is 0 Å². The molecule has 2 heteroatoms. The molecule has 1 aliphatic rings. The van der Waals surface area contributed by atoms with Crippen molar-refractivity contribution in [3.63, 3.8) is 0 Å². The summed E-state index contributed by atoms with van der Waals surface area (Å²) in [5, 5.41) is 3.73. The fraction of sp³-hybridized carbons (Fsp3) is 0.684. The smallest absolute Gasteiger partial charge is 0.0112 e. The lowest BCUT2D eigenvalue weighted by atomic mass is 9.76. The zero-order valence-corrected chi connectivity index (χ0v) is 14.4. The van der Waals surface area contributed by atoms with Crippen molar-refractivity contribution in [2.45, 2.75) is 71.5 Å². The predicted octanol–water partition coefficient (Wildman–Crippen LogP) is 3.95. The summed E-state index contributed by atoms with van der Waals surface area (Å²) in [6, 6.07) is 11.1. The number of benzene rings is 1. The summed E-state index contributed by atoms with van der Waals surface area (Å²) in [4.78, 5) is 2.56. The summed E-state index contributed by atoms with van der Waals surface area (Å²) in [5.41, 5.74) is 2.87. The van der Waals surface area contributed by atoms with E-state index >= 15 is 0 Å². The summed E-state index contributed by atoms with van der Waals surface area (Å²) in [6.45, 7) is 13.6. The Labute approximate surface area is 130 Å². The monoisotopic (exact) mass is 288 g/mol. The van der Waals surface area contributed by atoms with Gasteiger partial charge >= 0.3 is 0 Å². The molecule has 0 amide bonds. The van der Waals surface area contributed by atoms with E-state index in [1.807, 2.05) is 0 Å². The van der Waals surface area contributed by atoms with Crippen LogP contribution in [0.2, 0.25) is 0 Å². The van der Waals surface area contributed by atoms with Crippen LogP contribution in [0.3, 0.4) is 0 Å². The third-order valence-electron chi connectivity index (χ3n) is 4.82. The molecule has 0 aliphatic heterocycles. The van der Waals surface area contributed by atoms with E-state index in [1.165, 1.54) is 24.0 Å². The van der Waals surface area contributed by atoms with E-state index < -0.39 is 0 Å². The third-order valence-corrected chi connectivity index (χ3v) is 4.82. The molecule has 118 valence electrons. The van der Waals surface area contributed by atoms with Crippen molar-refractivity contribution in [1.82, 2.24) is 10.2 Å². The minimum absolute atomic E-state index is 0.633. The molecular weight excluding hydrogens is 256 g/mol. The average molecular weight is 288 g/mol. The normalized spacial score (nSPS) is 22.1. The number of hydrogen-bond acceptors (Lipinski definition) is 2. The molecule has 0 spiro atoms. The summed E-state index contributed by atoms with van der Waals surface area (Å²) >= 11 is 0. The Morgan fingerprint density at radius 2 is 1.62 bits per heavy atom. The highest BCUT2D eigenvalue weighted by Crippen LogP contribution is 2.36. The number of nitrogens with zero attached hydrogens (tertiary/aromatic N) is 1. The van der Waals surface area contributed by atoms with E-state index in [2.05, 4.69) is 69.1 Å². The van der Waals surface area contributed by atoms with E-state index in [0.717, 1.165) is 25.0 Å². The zero-order chi connectivity index (χ0) is 15.4. The molecule has 0 atom stereocenters. The number of hydrogen-bond donors (Lipinski definition) is 1. The Bertz CT molecular complexity index is 408. The summed E-state index contributed by atoms with van der Waals surface area (Å²) < 4.78 is 0. The Morgan fingerprint density at radius 3 is 2.14 bits per heavy atom. The highest BCUT2D eigenvalue weighted by Gasteiger charge is 2.29. The average Bonchev–Trinajstić information content (AvgIpc) is 2.37. The van der Waals surface area contributed by atoms with E-state index in [-0.39, 0.29) is 0 Å². The molecule has 0 bridgehead atoms. The van der Waals surface area contributed by atoms with Gasteiger partial charge in [-0.2, -0.15) is 0 Å². The van der Waals surface area contributed by atoms with Crippen LogP contribution >= 0.6 is 0 Å². The zero-order valence-electron chi connectivity index (χ0n) is 14.4. The molecule has 1 aliphatic carbocycles. The molecule has 1 aromatic rings. The summed E-state index contributed by atoms with van der Waals surface area (Å²) in [5.74, 6) is 0.773. The molecule has 0 aromatic heterocycles. The van der Waals surface area contributed by atoms with Crippen LogP contribution in [0.15, 0.2) is 24.3 Å². The second kappa shape index (κ2) is 7.42. The first kappa shape index (κ1) is 16.5. The van der Waals surface area contributed by atoms with Crippen LogP contribution in [0.1, 0.15) is 57.6 Å². The van der Waals surface area contributed by atoms with E-state index in [0.29, 0.717) is 12.1 Å².